The van der Waals surface area contributed by atoms with E-state index in [0.717, 1.165) is 24.1 Å². The second-order valence-electron chi connectivity index (χ2n) is 15.9. The number of amides is 2. The van der Waals surface area contributed by atoms with Crippen LogP contribution in [0.15, 0.2) is 35.5 Å². The number of hydrogen-bond donors (Lipinski definition) is 2. The van der Waals surface area contributed by atoms with Gasteiger partial charge in [-0.2, -0.15) is 5.10 Å². The molecule has 2 amide bonds. The summed E-state index contributed by atoms with van der Waals surface area (Å²) in [5.74, 6) is 1.10. The van der Waals surface area contributed by atoms with Crippen LogP contribution in [0.5, 0.6) is 5.75 Å². The topological polar surface area (TPSA) is 125 Å². The predicted molar refractivity (Wildman–Crippen MR) is 184 cm³/mol. The highest BCUT2D eigenvalue weighted by molar-refractivity contribution is 6.48. The number of ether oxygens (including phenoxy) is 1. The number of aromatic nitrogens is 2. The van der Waals surface area contributed by atoms with Gasteiger partial charge in [0, 0.05) is 18.9 Å². The molecular formula is C36H52BN5O6. The number of carbonyl (C=O) groups is 2. The number of oxime groups is 1. The zero-order chi connectivity index (χ0) is 34.6. The Morgan fingerprint density at radius 3 is 2.60 bits per heavy atom. The molecule has 7 rings (SSSR count). The molecule has 4 fully saturated rings. The summed E-state index contributed by atoms with van der Waals surface area (Å²) in [4.78, 5) is 33.8. The van der Waals surface area contributed by atoms with E-state index < -0.39 is 12.7 Å². The summed E-state index contributed by atoms with van der Waals surface area (Å²) in [6.45, 7) is 17.1. The number of methoxy groups -OCH3 is 1. The summed E-state index contributed by atoms with van der Waals surface area (Å²) >= 11 is 0. The summed E-state index contributed by atoms with van der Waals surface area (Å²) in [6.07, 6.45) is 3.28. The molecule has 2 aromatic rings. The van der Waals surface area contributed by atoms with E-state index in [4.69, 9.17) is 18.9 Å². The van der Waals surface area contributed by atoms with Crippen LogP contribution in [0.2, 0.25) is 0 Å². The smallest absolute Gasteiger partial charge is 0.481 e. The average Bonchev–Trinajstić information content (AvgIpc) is 3.74. The van der Waals surface area contributed by atoms with Crippen LogP contribution in [0, 0.1) is 30.1 Å². The van der Waals surface area contributed by atoms with Gasteiger partial charge < -0.3 is 29.5 Å². The molecule has 3 aliphatic carbocycles. The standard InChI is InChI=1S/C36H52BN5O6/c1-21(2)13-31(37-46-30-17-25-16-29(34(25,6)7)35(30,8)47-37)39-33(44)36(18-24-11-10-12-27(15-24)45-9)19-26(41-48-36)20-38-32(43)28-14-23(5)40-42(28)22(3)4/h10-12,14-15,21-22,25,29-31H,13,16-20H2,1-9H3,(H,38,43)(H,39,44)/t25-,29-,30+,31-,35-,36?/m0/s1. The van der Waals surface area contributed by atoms with E-state index in [2.05, 4.69) is 55.5 Å². The minimum atomic E-state index is -1.34. The first-order valence-electron chi connectivity index (χ1n) is 17.5. The Morgan fingerprint density at radius 1 is 1.15 bits per heavy atom. The third-order valence-corrected chi connectivity index (χ3v) is 11.2. The monoisotopic (exact) mass is 661 g/mol. The second-order valence-corrected chi connectivity index (χ2v) is 15.9. The molecule has 12 heteroatoms. The molecule has 5 aliphatic rings. The Labute approximate surface area is 285 Å². The van der Waals surface area contributed by atoms with E-state index in [-0.39, 0.29) is 66.2 Å². The lowest BCUT2D eigenvalue weighted by atomic mass is 9.43. The molecule has 1 aromatic carbocycles. The molecule has 11 nitrogen and oxygen atoms in total. The molecule has 0 spiro atoms. The van der Waals surface area contributed by atoms with Gasteiger partial charge in [0.2, 0.25) is 5.60 Å². The second kappa shape index (κ2) is 12.8. The van der Waals surface area contributed by atoms with E-state index in [9.17, 15) is 9.59 Å². The molecule has 3 saturated carbocycles. The molecule has 3 heterocycles. The normalized spacial score (nSPS) is 29.2. The third-order valence-electron chi connectivity index (χ3n) is 11.2. The Kier molecular flexibility index (Phi) is 9.21. The van der Waals surface area contributed by atoms with Crippen molar-refractivity contribution in [1.82, 2.24) is 20.4 Å². The maximum atomic E-state index is 14.5. The van der Waals surface area contributed by atoms with Gasteiger partial charge in [-0.3, -0.25) is 14.3 Å². The molecular weight excluding hydrogens is 609 g/mol. The number of aryl methyl sites for hydroxylation is 1. The van der Waals surface area contributed by atoms with E-state index >= 15 is 0 Å². The number of rotatable bonds is 12. The van der Waals surface area contributed by atoms with Crippen molar-refractivity contribution in [2.75, 3.05) is 13.7 Å². The largest absolute Gasteiger partial charge is 0.497 e. The van der Waals surface area contributed by atoms with Crippen molar-refractivity contribution in [2.45, 2.75) is 117 Å². The van der Waals surface area contributed by atoms with Crippen molar-refractivity contribution in [3.63, 3.8) is 0 Å². The lowest BCUT2D eigenvalue weighted by Crippen LogP contribution is -2.65. The molecule has 2 N–H and O–H groups in total. The molecule has 1 aromatic heterocycles. The number of nitrogens with one attached hydrogen (secondary N) is 2. The van der Waals surface area contributed by atoms with Crippen molar-refractivity contribution in [3.8, 4) is 5.75 Å². The van der Waals surface area contributed by atoms with E-state index in [1.54, 1.807) is 17.9 Å². The highest BCUT2D eigenvalue weighted by Gasteiger charge is 2.68. The lowest BCUT2D eigenvalue weighted by Gasteiger charge is -2.64. The number of benzene rings is 1. The highest BCUT2D eigenvalue weighted by Crippen LogP contribution is 2.65. The van der Waals surface area contributed by atoms with Gasteiger partial charge in [0.1, 0.15) is 11.4 Å². The summed E-state index contributed by atoms with van der Waals surface area (Å²) in [5.41, 5.74) is 1.18. The lowest BCUT2D eigenvalue weighted by molar-refractivity contribution is -0.199. The quantitative estimate of drug-likeness (QED) is 0.305. The van der Waals surface area contributed by atoms with E-state index in [0.29, 0.717) is 35.4 Å². The summed E-state index contributed by atoms with van der Waals surface area (Å²) < 4.78 is 20.7. The number of hydrogen-bond acceptors (Lipinski definition) is 8. The molecule has 2 bridgehead atoms. The van der Waals surface area contributed by atoms with E-state index in [1.807, 2.05) is 45.0 Å². The minimum Gasteiger partial charge on any atom is -0.497 e. The fourth-order valence-electron chi connectivity index (χ4n) is 8.52. The first-order valence-corrected chi connectivity index (χ1v) is 17.5. The van der Waals surface area contributed by atoms with Gasteiger partial charge in [0.05, 0.1) is 42.7 Å². The maximum absolute atomic E-state index is 14.5. The molecule has 2 aliphatic heterocycles. The average molecular weight is 662 g/mol. The summed E-state index contributed by atoms with van der Waals surface area (Å²) in [5, 5.41) is 15.1. The fourth-order valence-corrected chi connectivity index (χ4v) is 8.52. The van der Waals surface area contributed by atoms with Gasteiger partial charge in [0.25, 0.3) is 11.8 Å². The summed E-state index contributed by atoms with van der Waals surface area (Å²) in [6, 6.07) is 9.41. The van der Waals surface area contributed by atoms with Gasteiger partial charge in [-0.25, -0.2) is 0 Å². The van der Waals surface area contributed by atoms with Crippen molar-refractivity contribution in [2.24, 2.45) is 28.3 Å². The molecule has 0 radical (unpaired) electrons. The predicted octanol–water partition coefficient (Wildman–Crippen LogP) is 5.07. The van der Waals surface area contributed by atoms with Gasteiger partial charge >= 0.3 is 7.12 Å². The molecule has 1 unspecified atom stereocenters. The summed E-state index contributed by atoms with van der Waals surface area (Å²) in [7, 11) is 1.05. The third kappa shape index (κ3) is 6.26. The van der Waals surface area contributed by atoms with Crippen LogP contribution in [-0.4, -0.2) is 71.3 Å². The van der Waals surface area contributed by atoms with Gasteiger partial charge in [0.15, 0.2) is 0 Å². The van der Waals surface area contributed by atoms with Crippen molar-refractivity contribution in [3.05, 3.63) is 47.3 Å². The van der Waals surface area contributed by atoms with E-state index in [1.165, 1.54) is 0 Å². The Morgan fingerprint density at radius 2 is 1.92 bits per heavy atom. The first-order chi connectivity index (χ1) is 22.6. The Bertz CT molecular complexity index is 1570. The zero-order valence-corrected chi connectivity index (χ0v) is 30.0. The molecule has 48 heavy (non-hydrogen) atoms. The van der Waals surface area contributed by atoms with Gasteiger partial charge in [-0.15, -0.1) is 0 Å². The number of carbonyl (C=O) groups excluding carboxylic acids is 2. The Balaban J connectivity index is 1.20. The van der Waals surface area contributed by atoms with Crippen LogP contribution in [0.1, 0.15) is 102 Å². The zero-order valence-electron chi connectivity index (χ0n) is 30.0. The van der Waals surface area contributed by atoms with Gasteiger partial charge in [-0.05, 0) is 93.9 Å². The SMILES string of the molecule is COc1cccc(CC2(C(=O)N[C@@H](CC(C)C)B3O[C@@H]4C[C@@H]5C[C@@H](C5(C)C)[C@]4(C)O3)CC(CNC(=O)c3cc(C)nn3C(C)C)=NO2)c1. The van der Waals surface area contributed by atoms with Crippen LogP contribution in [0.25, 0.3) is 0 Å². The van der Waals surface area contributed by atoms with Crippen molar-refractivity contribution in [1.29, 1.82) is 0 Å². The van der Waals surface area contributed by atoms with Crippen LogP contribution >= 0.6 is 0 Å². The van der Waals surface area contributed by atoms with Crippen LogP contribution in [0.3, 0.4) is 0 Å². The van der Waals surface area contributed by atoms with Crippen LogP contribution in [0.4, 0.5) is 0 Å². The maximum Gasteiger partial charge on any atom is 0.481 e. The van der Waals surface area contributed by atoms with Crippen molar-refractivity contribution >= 4 is 24.6 Å². The van der Waals surface area contributed by atoms with Crippen molar-refractivity contribution < 1.29 is 28.5 Å². The van der Waals surface area contributed by atoms with Crippen LogP contribution in [-0.2, 0) is 25.4 Å². The molecule has 260 valence electrons. The van der Waals surface area contributed by atoms with Gasteiger partial charge in [-0.1, -0.05) is 45.0 Å². The molecule has 1 saturated heterocycles. The Hall–Kier alpha value is -3.38. The highest BCUT2D eigenvalue weighted by atomic mass is 16.7. The molecule has 6 atom stereocenters. The fraction of sp³-hybridized carbons (Fsp3) is 0.667. The van der Waals surface area contributed by atoms with Crippen LogP contribution < -0.4 is 15.4 Å². The minimum absolute atomic E-state index is 0.00801. The number of nitrogens with zero attached hydrogens (tertiary/aromatic N) is 3. The first kappa shape index (κ1) is 34.5.